The molecule has 2 rings (SSSR count). The highest BCUT2D eigenvalue weighted by atomic mass is 35.5. The summed E-state index contributed by atoms with van der Waals surface area (Å²) >= 11 is 5.77. The van der Waals surface area contributed by atoms with Crippen LogP contribution in [0.5, 0.6) is 0 Å². The van der Waals surface area contributed by atoms with Gasteiger partial charge in [-0.15, -0.1) is 0 Å². The first-order chi connectivity index (χ1) is 11.0. The highest BCUT2D eigenvalue weighted by Crippen LogP contribution is 2.33. The summed E-state index contributed by atoms with van der Waals surface area (Å²) in [4.78, 5) is 10.6. The first kappa shape index (κ1) is 18.1. The molecular weight excluding hydrogens is 371 g/mol. The molecule has 0 aliphatic heterocycles. The standard InChI is InChI=1S/C14H9ClF3NO4S/c15-11-3-1-2-4-12(11)24(22,23)19-10-6-8(13(20)21)5-9(7-10)14(16,17)18/h1-7,19H,(H,20,21). The monoisotopic (exact) mass is 379 g/mol. The number of carbonyl (C=O) groups is 1. The molecule has 2 aromatic rings. The van der Waals surface area contributed by atoms with Crippen molar-refractivity contribution in [3.63, 3.8) is 0 Å². The molecule has 0 atom stereocenters. The Labute approximate surface area is 139 Å². The smallest absolute Gasteiger partial charge is 0.416 e. The third-order valence-electron chi connectivity index (χ3n) is 2.89. The fourth-order valence-electron chi connectivity index (χ4n) is 1.85. The Morgan fingerprint density at radius 2 is 1.75 bits per heavy atom. The van der Waals surface area contributed by atoms with Crippen molar-refractivity contribution >= 4 is 33.3 Å². The summed E-state index contributed by atoms with van der Waals surface area (Å²) in [6.07, 6.45) is -4.84. The second-order valence-corrected chi connectivity index (χ2v) is 6.70. The Bertz CT molecular complexity index is 897. The van der Waals surface area contributed by atoms with Crippen LogP contribution in [0.2, 0.25) is 5.02 Å². The van der Waals surface area contributed by atoms with E-state index >= 15 is 0 Å². The maximum absolute atomic E-state index is 12.8. The minimum absolute atomic E-state index is 0.129. The summed E-state index contributed by atoms with van der Waals surface area (Å²) in [6.45, 7) is 0. The molecule has 0 spiro atoms. The van der Waals surface area contributed by atoms with Gasteiger partial charge in [0, 0.05) is 0 Å². The molecule has 0 fully saturated rings. The zero-order valence-electron chi connectivity index (χ0n) is 11.6. The number of hydrogen-bond donors (Lipinski definition) is 2. The van der Waals surface area contributed by atoms with Gasteiger partial charge in [-0.3, -0.25) is 4.72 Å². The van der Waals surface area contributed by atoms with Crippen molar-refractivity contribution in [2.75, 3.05) is 4.72 Å². The van der Waals surface area contributed by atoms with Crippen molar-refractivity contribution in [2.24, 2.45) is 0 Å². The predicted octanol–water partition coefficient (Wildman–Crippen LogP) is 3.86. The van der Waals surface area contributed by atoms with Crippen LogP contribution in [0.3, 0.4) is 0 Å². The SMILES string of the molecule is O=C(O)c1cc(NS(=O)(=O)c2ccccc2Cl)cc(C(F)(F)F)c1. The Morgan fingerprint density at radius 1 is 1.12 bits per heavy atom. The van der Waals surface area contributed by atoms with Crippen LogP contribution < -0.4 is 4.72 Å². The molecule has 0 radical (unpaired) electrons. The molecule has 0 bridgehead atoms. The number of rotatable bonds is 4. The van der Waals surface area contributed by atoms with Crippen molar-refractivity contribution in [3.05, 3.63) is 58.6 Å². The topological polar surface area (TPSA) is 83.5 Å². The van der Waals surface area contributed by atoms with E-state index in [0.717, 1.165) is 12.1 Å². The van der Waals surface area contributed by atoms with E-state index in [0.29, 0.717) is 12.1 Å². The molecule has 0 aliphatic carbocycles. The molecule has 0 saturated heterocycles. The van der Waals surface area contributed by atoms with Gasteiger partial charge in [0.1, 0.15) is 4.90 Å². The van der Waals surface area contributed by atoms with E-state index in [1.807, 2.05) is 4.72 Å². The lowest BCUT2D eigenvalue weighted by atomic mass is 10.1. The van der Waals surface area contributed by atoms with Gasteiger partial charge in [-0.25, -0.2) is 13.2 Å². The normalized spacial score (nSPS) is 12.0. The molecule has 24 heavy (non-hydrogen) atoms. The second kappa shape index (κ2) is 6.33. The fourth-order valence-corrected chi connectivity index (χ4v) is 3.41. The lowest BCUT2D eigenvalue weighted by molar-refractivity contribution is -0.137. The van der Waals surface area contributed by atoms with Gasteiger partial charge < -0.3 is 5.11 Å². The van der Waals surface area contributed by atoms with E-state index in [9.17, 15) is 26.4 Å². The molecule has 128 valence electrons. The Balaban J connectivity index is 2.51. The van der Waals surface area contributed by atoms with Crippen LogP contribution in [0.15, 0.2) is 47.4 Å². The molecule has 0 unspecified atom stereocenters. The summed E-state index contributed by atoms with van der Waals surface area (Å²) in [5, 5.41) is 8.76. The number of anilines is 1. The molecule has 2 N–H and O–H groups in total. The van der Waals surface area contributed by atoms with Gasteiger partial charge in [-0.2, -0.15) is 13.2 Å². The third-order valence-corrected chi connectivity index (χ3v) is 4.77. The highest BCUT2D eigenvalue weighted by Gasteiger charge is 2.32. The van der Waals surface area contributed by atoms with Crippen molar-refractivity contribution in [3.8, 4) is 0 Å². The fraction of sp³-hybridized carbons (Fsp3) is 0.0714. The first-order valence-corrected chi connectivity index (χ1v) is 8.10. The molecule has 10 heteroatoms. The average Bonchev–Trinajstić information content (AvgIpc) is 2.45. The van der Waals surface area contributed by atoms with Crippen molar-refractivity contribution in [1.29, 1.82) is 0 Å². The van der Waals surface area contributed by atoms with Crippen LogP contribution in [0.1, 0.15) is 15.9 Å². The quantitative estimate of drug-likeness (QED) is 0.845. The summed E-state index contributed by atoms with van der Waals surface area (Å²) in [5.74, 6) is -1.63. The summed E-state index contributed by atoms with van der Waals surface area (Å²) < 4.78 is 64.9. The number of sulfonamides is 1. The number of hydrogen-bond acceptors (Lipinski definition) is 3. The van der Waals surface area contributed by atoms with Crippen molar-refractivity contribution < 1.29 is 31.5 Å². The molecule has 0 aromatic heterocycles. The molecule has 0 amide bonds. The third kappa shape index (κ3) is 3.98. The minimum atomic E-state index is -4.84. The van der Waals surface area contributed by atoms with E-state index in [2.05, 4.69) is 0 Å². The molecule has 0 heterocycles. The number of carboxylic acid groups (broad SMARTS) is 1. The first-order valence-electron chi connectivity index (χ1n) is 6.23. The van der Waals surface area contributed by atoms with E-state index in [-0.39, 0.29) is 9.92 Å². The minimum Gasteiger partial charge on any atom is -0.478 e. The maximum Gasteiger partial charge on any atom is 0.416 e. The summed E-state index contributed by atoms with van der Waals surface area (Å²) in [7, 11) is -4.29. The highest BCUT2D eigenvalue weighted by molar-refractivity contribution is 7.92. The van der Waals surface area contributed by atoms with Gasteiger partial charge in [-0.1, -0.05) is 23.7 Å². The van der Waals surface area contributed by atoms with Crippen LogP contribution in [0, 0.1) is 0 Å². The lowest BCUT2D eigenvalue weighted by Gasteiger charge is -2.13. The number of halogens is 4. The zero-order chi connectivity index (χ0) is 18.1. The molecule has 2 aromatic carbocycles. The van der Waals surface area contributed by atoms with Crippen molar-refractivity contribution in [2.45, 2.75) is 11.1 Å². The van der Waals surface area contributed by atoms with Crippen LogP contribution in [0.4, 0.5) is 18.9 Å². The summed E-state index contributed by atoms with van der Waals surface area (Å²) in [5.41, 5.74) is -2.54. The van der Waals surface area contributed by atoms with Gasteiger partial charge in [0.2, 0.25) is 0 Å². The Hall–Kier alpha value is -2.26. The average molecular weight is 380 g/mol. The van der Waals surface area contributed by atoms with Crippen molar-refractivity contribution in [1.82, 2.24) is 0 Å². The summed E-state index contributed by atoms with van der Waals surface area (Å²) in [6, 6.07) is 7.02. The Kier molecular flexibility index (Phi) is 4.77. The number of carboxylic acids is 1. The maximum atomic E-state index is 12.8. The van der Waals surface area contributed by atoms with Crippen LogP contribution in [0.25, 0.3) is 0 Å². The number of aromatic carboxylic acids is 1. The molecule has 0 saturated carbocycles. The number of nitrogens with one attached hydrogen (secondary N) is 1. The Morgan fingerprint density at radius 3 is 2.29 bits per heavy atom. The molecular formula is C14H9ClF3NO4S. The lowest BCUT2D eigenvalue weighted by Crippen LogP contribution is -2.15. The second-order valence-electron chi connectivity index (χ2n) is 4.64. The van der Waals surface area contributed by atoms with Crippen LogP contribution >= 0.6 is 11.6 Å². The number of benzene rings is 2. The van der Waals surface area contributed by atoms with E-state index in [1.165, 1.54) is 18.2 Å². The molecule has 5 nitrogen and oxygen atoms in total. The number of alkyl halides is 3. The van der Waals surface area contributed by atoms with E-state index < -0.39 is 39.0 Å². The van der Waals surface area contributed by atoms with Gasteiger partial charge in [0.05, 0.1) is 21.8 Å². The van der Waals surface area contributed by atoms with E-state index in [4.69, 9.17) is 16.7 Å². The van der Waals surface area contributed by atoms with Crippen LogP contribution in [-0.2, 0) is 16.2 Å². The zero-order valence-corrected chi connectivity index (χ0v) is 13.2. The van der Waals surface area contributed by atoms with Crippen LogP contribution in [-0.4, -0.2) is 19.5 Å². The van der Waals surface area contributed by atoms with Gasteiger partial charge in [-0.05, 0) is 30.3 Å². The van der Waals surface area contributed by atoms with Gasteiger partial charge in [0.25, 0.3) is 10.0 Å². The van der Waals surface area contributed by atoms with Gasteiger partial charge in [0.15, 0.2) is 0 Å². The molecule has 0 aliphatic rings. The largest absolute Gasteiger partial charge is 0.478 e. The van der Waals surface area contributed by atoms with Gasteiger partial charge >= 0.3 is 12.1 Å². The predicted molar refractivity (Wildman–Crippen MR) is 80.7 cm³/mol. The van der Waals surface area contributed by atoms with E-state index in [1.54, 1.807) is 0 Å².